The van der Waals surface area contributed by atoms with Crippen molar-refractivity contribution in [2.24, 2.45) is 0 Å². The number of amides is 1. The molecule has 2 N–H and O–H groups in total. The molecule has 1 heterocycles. The third-order valence-corrected chi connectivity index (χ3v) is 4.53. The molecule has 0 saturated heterocycles. The standard InChI is InChI=1S/C19H26ClN3OS/c1-6-10-23-12(2)15(17(24)22-19(3,4)5)16(21-18(23)25)13-8-7-9-14(20)11-13/h7-9,11,16H,6,10H2,1-5H3,(H,21,25)(H,22,24). The first kappa shape index (κ1) is 19.7. The summed E-state index contributed by atoms with van der Waals surface area (Å²) in [6.45, 7) is 10.7. The van der Waals surface area contributed by atoms with E-state index in [0.717, 1.165) is 24.2 Å². The molecule has 1 aliphatic heterocycles. The molecule has 0 aromatic heterocycles. The lowest BCUT2D eigenvalue weighted by Gasteiger charge is -2.38. The molecule has 0 radical (unpaired) electrons. The largest absolute Gasteiger partial charge is 0.351 e. The average Bonchev–Trinajstić information content (AvgIpc) is 2.49. The Kier molecular flexibility index (Phi) is 6.12. The van der Waals surface area contributed by atoms with E-state index in [1.807, 2.05) is 56.9 Å². The molecule has 0 bridgehead atoms. The zero-order valence-corrected chi connectivity index (χ0v) is 17.0. The molecule has 1 atom stereocenters. The monoisotopic (exact) mass is 379 g/mol. The molecule has 1 aromatic carbocycles. The zero-order chi connectivity index (χ0) is 18.8. The second kappa shape index (κ2) is 7.75. The highest BCUT2D eigenvalue weighted by atomic mass is 35.5. The number of hydrogen-bond acceptors (Lipinski definition) is 2. The van der Waals surface area contributed by atoms with Crippen molar-refractivity contribution >= 4 is 34.8 Å². The van der Waals surface area contributed by atoms with Gasteiger partial charge in [0.1, 0.15) is 0 Å². The van der Waals surface area contributed by atoms with E-state index >= 15 is 0 Å². The minimum atomic E-state index is -0.323. The number of hydrogen-bond donors (Lipinski definition) is 2. The predicted octanol–water partition coefficient (Wildman–Crippen LogP) is 4.17. The highest BCUT2D eigenvalue weighted by molar-refractivity contribution is 7.80. The molecule has 6 heteroatoms. The SMILES string of the molecule is CCCN1C(=S)NC(c2cccc(Cl)c2)C(C(=O)NC(C)(C)C)=C1C. The summed E-state index contributed by atoms with van der Waals surface area (Å²) in [6.07, 6.45) is 0.940. The first-order chi connectivity index (χ1) is 11.6. The Labute approximate surface area is 160 Å². The number of thiocarbonyl (C=S) groups is 1. The summed E-state index contributed by atoms with van der Waals surface area (Å²) < 4.78 is 0. The van der Waals surface area contributed by atoms with E-state index in [1.54, 1.807) is 0 Å². The Morgan fingerprint density at radius 2 is 2.08 bits per heavy atom. The number of rotatable bonds is 4. The summed E-state index contributed by atoms with van der Waals surface area (Å²) in [5, 5.41) is 7.66. The number of nitrogens with one attached hydrogen (secondary N) is 2. The molecule has 1 aromatic rings. The quantitative estimate of drug-likeness (QED) is 0.770. The normalized spacial score (nSPS) is 18.2. The van der Waals surface area contributed by atoms with Gasteiger partial charge in [0.15, 0.2) is 5.11 Å². The molecule has 25 heavy (non-hydrogen) atoms. The summed E-state index contributed by atoms with van der Waals surface area (Å²) in [5.74, 6) is -0.0916. The van der Waals surface area contributed by atoms with Gasteiger partial charge in [-0.15, -0.1) is 0 Å². The Balaban J connectivity index is 2.53. The van der Waals surface area contributed by atoms with Crippen LogP contribution in [0.4, 0.5) is 0 Å². The summed E-state index contributed by atoms with van der Waals surface area (Å²) in [6, 6.07) is 7.21. The van der Waals surface area contributed by atoms with Gasteiger partial charge in [0.05, 0.1) is 11.6 Å². The summed E-state index contributed by atoms with van der Waals surface area (Å²) in [7, 11) is 0. The lowest BCUT2D eigenvalue weighted by Crippen LogP contribution is -2.51. The highest BCUT2D eigenvalue weighted by Crippen LogP contribution is 2.32. The average molecular weight is 380 g/mol. The van der Waals surface area contributed by atoms with Crippen LogP contribution < -0.4 is 10.6 Å². The van der Waals surface area contributed by atoms with Crippen molar-refractivity contribution < 1.29 is 4.79 Å². The molecule has 0 saturated carbocycles. The molecule has 2 rings (SSSR count). The number of benzene rings is 1. The molecule has 1 amide bonds. The molecule has 0 fully saturated rings. The molecule has 0 spiro atoms. The van der Waals surface area contributed by atoms with Gasteiger partial charge >= 0.3 is 0 Å². The van der Waals surface area contributed by atoms with Crippen LogP contribution >= 0.6 is 23.8 Å². The van der Waals surface area contributed by atoms with Crippen LogP contribution in [0.5, 0.6) is 0 Å². The van der Waals surface area contributed by atoms with Crippen molar-refractivity contribution in [2.45, 2.75) is 52.6 Å². The Morgan fingerprint density at radius 3 is 2.64 bits per heavy atom. The highest BCUT2D eigenvalue weighted by Gasteiger charge is 2.34. The Bertz CT molecular complexity index is 709. The van der Waals surface area contributed by atoms with Crippen LogP contribution in [0.1, 0.15) is 52.6 Å². The van der Waals surface area contributed by atoms with E-state index in [0.29, 0.717) is 15.7 Å². The van der Waals surface area contributed by atoms with E-state index in [-0.39, 0.29) is 17.5 Å². The zero-order valence-electron chi connectivity index (χ0n) is 15.4. The van der Waals surface area contributed by atoms with E-state index in [2.05, 4.69) is 17.6 Å². The Hall–Kier alpha value is -1.59. The van der Waals surface area contributed by atoms with Gasteiger partial charge in [-0.3, -0.25) is 4.79 Å². The van der Waals surface area contributed by atoms with Gasteiger partial charge in [-0.05, 0) is 64.0 Å². The van der Waals surface area contributed by atoms with Gasteiger partial charge in [0.2, 0.25) is 0 Å². The molecular formula is C19H26ClN3OS. The lowest BCUT2D eigenvalue weighted by molar-refractivity contribution is -0.119. The van der Waals surface area contributed by atoms with Gasteiger partial charge in [-0.25, -0.2) is 0 Å². The third-order valence-electron chi connectivity index (χ3n) is 3.96. The van der Waals surface area contributed by atoms with Crippen LogP contribution in [0.3, 0.4) is 0 Å². The third kappa shape index (κ3) is 4.73. The van der Waals surface area contributed by atoms with Crippen LogP contribution in [0.25, 0.3) is 0 Å². The van der Waals surface area contributed by atoms with Crippen molar-refractivity contribution in [3.8, 4) is 0 Å². The van der Waals surface area contributed by atoms with Crippen LogP contribution in [-0.2, 0) is 4.79 Å². The molecule has 136 valence electrons. The Morgan fingerprint density at radius 1 is 1.40 bits per heavy atom. The van der Waals surface area contributed by atoms with Crippen molar-refractivity contribution in [3.05, 3.63) is 46.1 Å². The van der Waals surface area contributed by atoms with Gasteiger partial charge in [-0.2, -0.15) is 0 Å². The first-order valence-corrected chi connectivity index (χ1v) is 9.29. The fourth-order valence-corrected chi connectivity index (χ4v) is 3.46. The smallest absolute Gasteiger partial charge is 0.251 e. The van der Waals surface area contributed by atoms with Crippen LogP contribution in [-0.4, -0.2) is 28.0 Å². The fourth-order valence-electron chi connectivity index (χ4n) is 2.91. The number of allylic oxidation sites excluding steroid dienone is 1. The number of halogens is 1. The van der Waals surface area contributed by atoms with E-state index in [9.17, 15) is 4.79 Å². The van der Waals surface area contributed by atoms with Crippen LogP contribution in [0.2, 0.25) is 5.02 Å². The van der Waals surface area contributed by atoms with Gasteiger partial charge in [0, 0.05) is 22.8 Å². The van der Waals surface area contributed by atoms with Crippen LogP contribution in [0, 0.1) is 0 Å². The van der Waals surface area contributed by atoms with Gasteiger partial charge in [0.25, 0.3) is 5.91 Å². The first-order valence-electron chi connectivity index (χ1n) is 8.51. The molecule has 1 unspecified atom stereocenters. The molecule has 4 nitrogen and oxygen atoms in total. The number of nitrogens with zero attached hydrogens (tertiary/aromatic N) is 1. The van der Waals surface area contributed by atoms with Crippen molar-refractivity contribution in [3.63, 3.8) is 0 Å². The second-order valence-electron chi connectivity index (χ2n) is 7.29. The van der Waals surface area contributed by atoms with Crippen molar-refractivity contribution in [1.29, 1.82) is 0 Å². The lowest BCUT2D eigenvalue weighted by atomic mass is 9.93. The summed E-state index contributed by atoms with van der Waals surface area (Å²) >= 11 is 11.7. The topological polar surface area (TPSA) is 44.4 Å². The maximum absolute atomic E-state index is 13.0. The van der Waals surface area contributed by atoms with Crippen molar-refractivity contribution in [2.75, 3.05) is 6.54 Å². The summed E-state index contributed by atoms with van der Waals surface area (Å²) in [5.41, 5.74) is 2.16. The molecular weight excluding hydrogens is 354 g/mol. The predicted molar refractivity (Wildman–Crippen MR) is 108 cm³/mol. The molecule has 1 aliphatic rings. The second-order valence-corrected chi connectivity index (χ2v) is 8.12. The minimum absolute atomic E-state index is 0.0916. The van der Waals surface area contributed by atoms with Gasteiger partial charge in [-0.1, -0.05) is 30.7 Å². The maximum atomic E-state index is 13.0. The van der Waals surface area contributed by atoms with E-state index in [4.69, 9.17) is 23.8 Å². The fraction of sp³-hybridized carbons (Fsp3) is 0.474. The van der Waals surface area contributed by atoms with Gasteiger partial charge < -0.3 is 15.5 Å². The molecule has 0 aliphatic carbocycles. The number of carbonyl (C=O) groups excluding carboxylic acids is 1. The van der Waals surface area contributed by atoms with Crippen LogP contribution in [0.15, 0.2) is 35.5 Å². The maximum Gasteiger partial charge on any atom is 0.251 e. The summed E-state index contributed by atoms with van der Waals surface area (Å²) in [4.78, 5) is 15.0. The minimum Gasteiger partial charge on any atom is -0.351 e. The number of carbonyl (C=O) groups is 1. The van der Waals surface area contributed by atoms with Crippen molar-refractivity contribution in [1.82, 2.24) is 15.5 Å². The van der Waals surface area contributed by atoms with E-state index < -0.39 is 0 Å². The van der Waals surface area contributed by atoms with E-state index in [1.165, 1.54) is 0 Å².